The molecule has 0 radical (unpaired) electrons. The Morgan fingerprint density at radius 1 is 1.23 bits per heavy atom. The molecule has 0 aromatic heterocycles. The van der Waals surface area contributed by atoms with E-state index in [2.05, 4.69) is 17.4 Å². The van der Waals surface area contributed by atoms with Crippen LogP contribution < -0.4 is 5.32 Å². The monoisotopic (exact) mass is 179 g/mol. The molecule has 2 N–H and O–H groups in total. The summed E-state index contributed by atoms with van der Waals surface area (Å²) < 4.78 is 0. The first-order valence-corrected chi connectivity index (χ1v) is 4.65. The maximum Gasteiger partial charge on any atom is 0.0662 e. The van der Waals surface area contributed by atoms with Crippen molar-refractivity contribution in [2.24, 2.45) is 0 Å². The van der Waals surface area contributed by atoms with Crippen LogP contribution in [-0.2, 0) is 6.54 Å². The zero-order valence-electron chi connectivity index (χ0n) is 8.20. The molecule has 0 aliphatic heterocycles. The van der Waals surface area contributed by atoms with Gasteiger partial charge in [0.2, 0.25) is 0 Å². The van der Waals surface area contributed by atoms with Gasteiger partial charge in [0.25, 0.3) is 0 Å². The van der Waals surface area contributed by atoms with Gasteiger partial charge in [0.15, 0.2) is 0 Å². The molecule has 0 saturated carbocycles. The molecule has 0 bridgehead atoms. The minimum Gasteiger partial charge on any atom is -0.392 e. The quantitative estimate of drug-likeness (QED) is 0.735. The van der Waals surface area contributed by atoms with Gasteiger partial charge in [-0.3, -0.25) is 0 Å². The first-order valence-electron chi connectivity index (χ1n) is 4.65. The molecule has 1 aromatic rings. The fourth-order valence-electron chi connectivity index (χ4n) is 1.05. The number of rotatable bonds is 4. The maximum absolute atomic E-state index is 9.24. The van der Waals surface area contributed by atoms with Gasteiger partial charge in [-0.05, 0) is 19.4 Å². The highest BCUT2D eigenvalue weighted by Gasteiger charge is 2.06. The van der Waals surface area contributed by atoms with Crippen molar-refractivity contribution in [3.8, 4) is 0 Å². The molecular weight excluding hydrogens is 162 g/mol. The first kappa shape index (κ1) is 10.2. The van der Waals surface area contributed by atoms with Crippen LogP contribution in [0.4, 0.5) is 0 Å². The number of nitrogens with one attached hydrogen (secondary N) is 1. The predicted octanol–water partition coefficient (Wildman–Crippen LogP) is 1.55. The summed E-state index contributed by atoms with van der Waals surface area (Å²) >= 11 is 0. The van der Waals surface area contributed by atoms with Gasteiger partial charge in [-0.15, -0.1) is 0 Å². The zero-order chi connectivity index (χ0) is 9.68. The van der Waals surface area contributed by atoms with E-state index in [1.807, 2.05) is 25.1 Å². The third kappa shape index (κ3) is 3.57. The molecule has 1 rings (SSSR count). The number of aliphatic hydroxyl groups is 1. The average molecular weight is 179 g/mol. The van der Waals surface area contributed by atoms with Crippen molar-refractivity contribution in [3.05, 3.63) is 35.9 Å². The summed E-state index contributed by atoms with van der Waals surface area (Å²) in [5.41, 5.74) is 1.25. The van der Waals surface area contributed by atoms with E-state index in [1.165, 1.54) is 5.56 Å². The lowest BCUT2D eigenvalue weighted by molar-refractivity contribution is 0.152. The largest absolute Gasteiger partial charge is 0.392 e. The second-order valence-corrected chi connectivity index (χ2v) is 3.40. The van der Waals surface area contributed by atoms with Gasteiger partial charge >= 0.3 is 0 Å². The van der Waals surface area contributed by atoms with Gasteiger partial charge in [-0.25, -0.2) is 0 Å². The molecule has 0 aliphatic carbocycles. The third-order valence-corrected chi connectivity index (χ3v) is 2.19. The van der Waals surface area contributed by atoms with E-state index in [0.717, 1.165) is 6.54 Å². The SMILES string of the molecule is C[C@H](O)[C@@H](C)NCc1ccccc1. The van der Waals surface area contributed by atoms with Crippen molar-refractivity contribution >= 4 is 0 Å². The van der Waals surface area contributed by atoms with E-state index in [0.29, 0.717) is 0 Å². The van der Waals surface area contributed by atoms with Crippen LogP contribution in [0.1, 0.15) is 19.4 Å². The van der Waals surface area contributed by atoms with Crippen molar-refractivity contribution in [1.29, 1.82) is 0 Å². The van der Waals surface area contributed by atoms with E-state index in [-0.39, 0.29) is 12.1 Å². The molecule has 0 aliphatic rings. The van der Waals surface area contributed by atoms with E-state index in [1.54, 1.807) is 6.92 Å². The third-order valence-electron chi connectivity index (χ3n) is 2.19. The Labute approximate surface area is 79.6 Å². The average Bonchev–Trinajstić information content (AvgIpc) is 2.15. The topological polar surface area (TPSA) is 32.3 Å². The molecule has 2 atom stereocenters. The standard InChI is InChI=1S/C11H17NO/c1-9(10(2)13)12-8-11-6-4-3-5-7-11/h3-7,9-10,12-13H,8H2,1-2H3/t9-,10+/m1/s1. The van der Waals surface area contributed by atoms with Crippen molar-refractivity contribution in [2.75, 3.05) is 0 Å². The fraction of sp³-hybridized carbons (Fsp3) is 0.455. The van der Waals surface area contributed by atoms with Gasteiger partial charge in [0.05, 0.1) is 6.10 Å². The highest BCUT2D eigenvalue weighted by Crippen LogP contribution is 1.99. The van der Waals surface area contributed by atoms with Gasteiger partial charge in [-0.2, -0.15) is 0 Å². The number of aliphatic hydroxyl groups excluding tert-OH is 1. The summed E-state index contributed by atoms with van der Waals surface area (Å²) in [6.07, 6.45) is -0.302. The van der Waals surface area contributed by atoms with Crippen LogP contribution in [0.25, 0.3) is 0 Å². The van der Waals surface area contributed by atoms with Gasteiger partial charge in [-0.1, -0.05) is 30.3 Å². The molecule has 0 fully saturated rings. The molecular formula is C11H17NO. The Hall–Kier alpha value is -0.860. The molecule has 1 aromatic carbocycles. The lowest BCUT2D eigenvalue weighted by Gasteiger charge is -2.16. The number of hydrogen-bond acceptors (Lipinski definition) is 2. The molecule has 72 valence electrons. The van der Waals surface area contributed by atoms with Crippen molar-refractivity contribution in [1.82, 2.24) is 5.32 Å². The lowest BCUT2D eigenvalue weighted by Crippen LogP contribution is -2.34. The zero-order valence-corrected chi connectivity index (χ0v) is 8.20. The number of hydrogen-bond donors (Lipinski definition) is 2. The molecule has 2 nitrogen and oxygen atoms in total. The van der Waals surface area contributed by atoms with Gasteiger partial charge in [0, 0.05) is 12.6 Å². The minimum atomic E-state index is -0.302. The summed E-state index contributed by atoms with van der Waals surface area (Å²) in [5.74, 6) is 0. The van der Waals surface area contributed by atoms with Crippen LogP contribution >= 0.6 is 0 Å². The van der Waals surface area contributed by atoms with Crippen LogP contribution in [0.5, 0.6) is 0 Å². The van der Waals surface area contributed by atoms with Crippen molar-refractivity contribution in [3.63, 3.8) is 0 Å². The summed E-state index contributed by atoms with van der Waals surface area (Å²) in [7, 11) is 0. The van der Waals surface area contributed by atoms with Crippen LogP contribution in [-0.4, -0.2) is 17.3 Å². The minimum absolute atomic E-state index is 0.139. The summed E-state index contributed by atoms with van der Waals surface area (Å²) in [6, 6.07) is 10.3. The van der Waals surface area contributed by atoms with E-state index in [9.17, 15) is 5.11 Å². The maximum atomic E-state index is 9.24. The van der Waals surface area contributed by atoms with Crippen LogP contribution in [0.3, 0.4) is 0 Å². The normalized spacial score (nSPS) is 15.3. The van der Waals surface area contributed by atoms with Crippen LogP contribution in [0.2, 0.25) is 0 Å². The van der Waals surface area contributed by atoms with Gasteiger partial charge in [0.1, 0.15) is 0 Å². The van der Waals surface area contributed by atoms with Crippen molar-refractivity contribution in [2.45, 2.75) is 32.5 Å². The summed E-state index contributed by atoms with van der Waals surface area (Å²) in [5, 5.41) is 12.5. The predicted molar refractivity (Wildman–Crippen MR) is 54.4 cm³/mol. The van der Waals surface area contributed by atoms with E-state index >= 15 is 0 Å². The molecule has 0 spiro atoms. The van der Waals surface area contributed by atoms with Crippen LogP contribution in [0, 0.1) is 0 Å². The Bertz CT molecular complexity index is 233. The Morgan fingerprint density at radius 3 is 2.38 bits per heavy atom. The second kappa shape index (κ2) is 5.00. The van der Waals surface area contributed by atoms with Gasteiger partial charge < -0.3 is 10.4 Å². The second-order valence-electron chi connectivity index (χ2n) is 3.40. The lowest BCUT2D eigenvalue weighted by atomic mass is 10.2. The highest BCUT2D eigenvalue weighted by atomic mass is 16.3. The van der Waals surface area contributed by atoms with E-state index in [4.69, 9.17) is 0 Å². The molecule has 0 amide bonds. The summed E-state index contributed by atoms with van der Waals surface area (Å²) in [4.78, 5) is 0. The number of benzene rings is 1. The molecule has 2 heteroatoms. The summed E-state index contributed by atoms with van der Waals surface area (Å²) in [6.45, 7) is 4.59. The Balaban J connectivity index is 2.35. The van der Waals surface area contributed by atoms with Crippen molar-refractivity contribution < 1.29 is 5.11 Å². The first-order chi connectivity index (χ1) is 6.20. The van der Waals surface area contributed by atoms with E-state index < -0.39 is 0 Å². The highest BCUT2D eigenvalue weighted by molar-refractivity contribution is 5.14. The Kier molecular flexibility index (Phi) is 3.93. The fourth-order valence-corrected chi connectivity index (χ4v) is 1.05. The molecule has 0 saturated heterocycles. The molecule has 0 heterocycles. The van der Waals surface area contributed by atoms with Crippen LogP contribution in [0.15, 0.2) is 30.3 Å². The smallest absolute Gasteiger partial charge is 0.0662 e. The Morgan fingerprint density at radius 2 is 1.85 bits per heavy atom. The molecule has 0 unspecified atom stereocenters. The molecule has 13 heavy (non-hydrogen) atoms.